The third-order valence-corrected chi connectivity index (χ3v) is 6.67. The number of hydrogen-bond donors (Lipinski definition) is 0. The molecule has 0 aliphatic rings. The van der Waals surface area contributed by atoms with Gasteiger partial charge >= 0.3 is 0 Å². The number of para-hydroxylation sites is 1. The van der Waals surface area contributed by atoms with Crippen molar-refractivity contribution in [2.24, 2.45) is 0 Å². The van der Waals surface area contributed by atoms with Crippen LogP contribution in [0, 0.1) is 0 Å². The fraction of sp³-hybridized carbons (Fsp3) is 0.357. The van der Waals surface area contributed by atoms with Crippen molar-refractivity contribution in [3.05, 3.63) is 34.7 Å². The molecule has 0 spiro atoms. The van der Waals surface area contributed by atoms with Crippen LogP contribution >= 0.6 is 11.3 Å². The van der Waals surface area contributed by atoms with Crippen LogP contribution in [0.4, 0.5) is 0 Å². The van der Waals surface area contributed by atoms with Crippen molar-refractivity contribution in [1.82, 2.24) is 4.98 Å². The Bertz CT molecular complexity index is 718. The van der Waals surface area contributed by atoms with E-state index in [0.717, 1.165) is 17.0 Å². The van der Waals surface area contributed by atoms with E-state index in [0.29, 0.717) is 5.01 Å². The van der Waals surface area contributed by atoms with Gasteiger partial charge in [-0.1, -0.05) is 12.1 Å². The number of aromatic nitrogens is 1. The van der Waals surface area contributed by atoms with E-state index < -0.39 is 14.6 Å². The van der Waals surface area contributed by atoms with Crippen LogP contribution in [0.3, 0.4) is 0 Å². The van der Waals surface area contributed by atoms with Gasteiger partial charge in [-0.2, -0.15) is 0 Å². The molecule has 0 unspecified atom stereocenters. The molecular weight excluding hydrogens is 294 g/mol. The molecule has 108 valence electrons. The van der Waals surface area contributed by atoms with Gasteiger partial charge < -0.3 is 4.74 Å². The molecule has 4 nitrogen and oxygen atoms in total. The predicted octanol–water partition coefficient (Wildman–Crippen LogP) is 3.10. The predicted molar refractivity (Wildman–Crippen MR) is 82.0 cm³/mol. The summed E-state index contributed by atoms with van der Waals surface area (Å²) < 4.78 is 28.0. The first-order valence-electron chi connectivity index (χ1n) is 6.06. The van der Waals surface area contributed by atoms with Gasteiger partial charge in [0.25, 0.3) is 0 Å². The maximum atomic E-state index is 11.9. The van der Waals surface area contributed by atoms with Crippen molar-refractivity contribution in [3.8, 4) is 17.0 Å². The van der Waals surface area contributed by atoms with E-state index in [1.807, 2.05) is 29.6 Å². The Morgan fingerprint density at radius 1 is 1.25 bits per heavy atom. The molecule has 0 fully saturated rings. The summed E-state index contributed by atoms with van der Waals surface area (Å²) in [6, 6.07) is 7.55. The first-order chi connectivity index (χ1) is 9.27. The third-order valence-electron chi connectivity index (χ3n) is 3.33. The molecule has 0 atom stereocenters. The summed E-state index contributed by atoms with van der Waals surface area (Å²) in [6.45, 7) is 3.35. The number of benzene rings is 1. The molecule has 1 aromatic heterocycles. The van der Waals surface area contributed by atoms with Crippen molar-refractivity contribution in [2.45, 2.75) is 18.6 Å². The van der Waals surface area contributed by atoms with Crippen molar-refractivity contribution in [3.63, 3.8) is 0 Å². The molecule has 0 saturated carbocycles. The second-order valence-corrected chi connectivity index (χ2v) is 8.44. The first-order valence-corrected chi connectivity index (χ1v) is 8.83. The van der Waals surface area contributed by atoms with Gasteiger partial charge in [0.15, 0.2) is 9.84 Å². The van der Waals surface area contributed by atoms with E-state index in [1.54, 1.807) is 21.0 Å². The number of ether oxygens (including phenoxy) is 1. The fourth-order valence-electron chi connectivity index (χ4n) is 1.69. The number of methoxy groups -OCH3 is 1. The molecular formula is C14H17NO3S2. The van der Waals surface area contributed by atoms with Crippen molar-refractivity contribution in [2.75, 3.05) is 13.4 Å². The SMILES string of the molecule is COc1ccccc1-c1csc(C(C)(C)S(C)(=O)=O)n1. The zero-order valence-corrected chi connectivity index (χ0v) is 13.5. The van der Waals surface area contributed by atoms with Gasteiger partial charge in [0.05, 0.1) is 12.8 Å². The Morgan fingerprint density at radius 3 is 2.50 bits per heavy atom. The molecule has 2 rings (SSSR count). The summed E-state index contributed by atoms with van der Waals surface area (Å²) in [4.78, 5) is 4.49. The highest BCUT2D eigenvalue weighted by Gasteiger charge is 2.35. The number of sulfone groups is 1. The summed E-state index contributed by atoms with van der Waals surface area (Å²) >= 11 is 1.35. The molecule has 1 heterocycles. The second kappa shape index (κ2) is 5.18. The van der Waals surface area contributed by atoms with Crippen LogP contribution < -0.4 is 4.74 Å². The normalized spacial score (nSPS) is 12.4. The molecule has 0 N–H and O–H groups in total. The minimum absolute atomic E-state index is 0.584. The summed E-state index contributed by atoms with van der Waals surface area (Å²) in [5.74, 6) is 0.724. The fourth-order valence-corrected chi connectivity index (χ4v) is 3.49. The van der Waals surface area contributed by atoms with Gasteiger partial charge in [-0.3, -0.25) is 0 Å². The summed E-state index contributed by atoms with van der Waals surface area (Å²) in [6.07, 6.45) is 1.23. The van der Waals surface area contributed by atoms with Crippen LogP contribution in [0.2, 0.25) is 0 Å². The Balaban J connectivity index is 2.49. The number of rotatable bonds is 4. The standard InChI is InChI=1S/C14H17NO3S2/c1-14(2,20(4,16)17)13-15-11(9-19-13)10-7-5-6-8-12(10)18-3/h5-9H,1-4H3. The van der Waals surface area contributed by atoms with Gasteiger partial charge in [-0.05, 0) is 26.0 Å². The van der Waals surface area contributed by atoms with E-state index in [-0.39, 0.29) is 0 Å². The van der Waals surface area contributed by atoms with E-state index in [1.165, 1.54) is 17.6 Å². The van der Waals surface area contributed by atoms with Crippen LogP contribution in [-0.4, -0.2) is 26.8 Å². The Hall–Kier alpha value is -1.40. The number of hydrogen-bond acceptors (Lipinski definition) is 5. The van der Waals surface area contributed by atoms with Gasteiger partial charge in [-0.25, -0.2) is 13.4 Å². The molecule has 0 radical (unpaired) electrons. The minimum atomic E-state index is -3.22. The minimum Gasteiger partial charge on any atom is -0.496 e. The first kappa shape index (κ1) is 15.0. The van der Waals surface area contributed by atoms with E-state index >= 15 is 0 Å². The van der Waals surface area contributed by atoms with Gasteiger partial charge in [0, 0.05) is 17.2 Å². The zero-order chi connectivity index (χ0) is 15.0. The topological polar surface area (TPSA) is 56.3 Å². The van der Waals surface area contributed by atoms with Crippen LogP contribution in [0.25, 0.3) is 11.3 Å². The molecule has 1 aromatic carbocycles. The molecule has 20 heavy (non-hydrogen) atoms. The van der Waals surface area contributed by atoms with E-state index in [9.17, 15) is 8.42 Å². The van der Waals surface area contributed by atoms with Crippen LogP contribution in [0.1, 0.15) is 18.9 Å². The van der Waals surface area contributed by atoms with Crippen LogP contribution in [0.5, 0.6) is 5.75 Å². The molecule has 0 aliphatic carbocycles. The molecule has 6 heteroatoms. The summed E-state index contributed by atoms with van der Waals surface area (Å²) in [7, 11) is -1.62. The summed E-state index contributed by atoms with van der Waals surface area (Å²) in [5, 5.41) is 2.45. The van der Waals surface area contributed by atoms with E-state index in [2.05, 4.69) is 4.98 Å². The smallest absolute Gasteiger partial charge is 0.159 e. The lowest BCUT2D eigenvalue weighted by molar-refractivity contribution is 0.416. The average Bonchev–Trinajstić information content (AvgIpc) is 2.87. The van der Waals surface area contributed by atoms with Crippen LogP contribution in [-0.2, 0) is 14.6 Å². The van der Waals surface area contributed by atoms with Gasteiger partial charge in [0.1, 0.15) is 15.5 Å². The Labute approximate surface area is 123 Å². The molecule has 0 bridgehead atoms. The van der Waals surface area contributed by atoms with Gasteiger partial charge in [-0.15, -0.1) is 11.3 Å². The monoisotopic (exact) mass is 311 g/mol. The molecule has 0 amide bonds. The second-order valence-electron chi connectivity index (χ2n) is 5.02. The Morgan fingerprint density at radius 2 is 1.90 bits per heavy atom. The molecule has 0 saturated heterocycles. The zero-order valence-electron chi connectivity index (χ0n) is 11.9. The highest BCUT2D eigenvalue weighted by molar-refractivity contribution is 7.91. The number of thiazole rings is 1. The quantitative estimate of drug-likeness (QED) is 0.870. The van der Waals surface area contributed by atoms with Crippen molar-refractivity contribution >= 4 is 21.2 Å². The van der Waals surface area contributed by atoms with Crippen LogP contribution in [0.15, 0.2) is 29.6 Å². The third kappa shape index (κ3) is 2.58. The van der Waals surface area contributed by atoms with Gasteiger partial charge in [0.2, 0.25) is 0 Å². The summed E-state index contributed by atoms with van der Waals surface area (Å²) in [5.41, 5.74) is 1.60. The lowest BCUT2D eigenvalue weighted by atomic mass is 10.1. The highest BCUT2D eigenvalue weighted by atomic mass is 32.2. The average molecular weight is 311 g/mol. The molecule has 2 aromatic rings. The number of nitrogens with zero attached hydrogens (tertiary/aromatic N) is 1. The largest absolute Gasteiger partial charge is 0.496 e. The maximum absolute atomic E-state index is 11.9. The lowest BCUT2D eigenvalue weighted by Gasteiger charge is -2.19. The molecule has 0 aliphatic heterocycles. The van der Waals surface area contributed by atoms with Crippen molar-refractivity contribution < 1.29 is 13.2 Å². The maximum Gasteiger partial charge on any atom is 0.159 e. The van der Waals surface area contributed by atoms with Crippen molar-refractivity contribution in [1.29, 1.82) is 0 Å². The lowest BCUT2D eigenvalue weighted by Crippen LogP contribution is -2.27. The Kier molecular flexibility index (Phi) is 3.88. The highest BCUT2D eigenvalue weighted by Crippen LogP contribution is 2.36. The van der Waals surface area contributed by atoms with E-state index in [4.69, 9.17) is 4.74 Å².